The molecule has 102 valence electrons. The van der Waals surface area contributed by atoms with Crippen LogP contribution in [0.1, 0.15) is 37.7 Å². The van der Waals surface area contributed by atoms with Crippen molar-refractivity contribution in [2.75, 3.05) is 7.11 Å². The van der Waals surface area contributed by atoms with E-state index < -0.39 is 0 Å². The van der Waals surface area contributed by atoms with E-state index in [9.17, 15) is 5.11 Å². The van der Waals surface area contributed by atoms with Crippen molar-refractivity contribution < 1.29 is 9.84 Å². The van der Waals surface area contributed by atoms with Gasteiger partial charge in [0.25, 0.3) is 0 Å². The first-order chi connectivity index (χ1) is 9.23. The van der Waals surface area contributed by atoms with E-state index >= 15 is 0 Å². The first-order valence-electron chi connectivity index (χ1n) is 7.55. The molecule has 2 nitrogen and oxygen atoms in total. The first-order valence-corrected chi connectivity index (χ1v) is 7.55. The highest BCUT2D eigenvalue weighted by Gasteiger charge is 2.59. The zero-order valence-corrected chi connectivity index (χ0v) is 11.5. The highest BCUT2D eigenvalue weighted by Crippen LogP contribution is 2.63. The molecule has 3 aliphatic rings. The predicted molar refractivity (Wildman–Crippen MR) is 74.1 cm³/mol. The fraction of sp³-hybridized carbons (Fsp3) is 0.647. The van der Waals surface area contributed by atoms with Crippen LogP contribution < -0.4 is 0 Å². The van der Waals surface area contributed by atoms with Gasteiger partial charge in [-0.2, -0.15) is 0 Å². The Balaban J connectivity index is 1.83. The first kappa shape index (κ1) is 11.8. The lowest BCUT2D eigenvalue weighted by Gasteiger charge is -2.46. The number of rotatable bonds is 2. The van der Waals surface area contributed by atoms with Crippen molar-refractivity contribution in [2.24, 2.45) is 17.8 Å². The molecule has 3 fully saturated rings. The van der Waals surface area contributed by atoms with Crippen LogP contribution in [-0.2, 0) is 10.2 Å². The molecular weight excluding hydrogens is 236 g/mol. The van der Waals surface area contributed by atoms with Gasteiger partial charge in [0.15, 0.2) is 0 Å². The highest BCUT2D eigenvalue weighted by molar-refractivity contribution is 5.37. The second-order valence-corrected chi connectivity index (χ2v) is 6.86. The molecule has 3 aliphatic carbocycles. The molecule has 1 aromatic rings. The van der Waals surface area contributed by atoms with Crippen molar-refractivity contribution in [3.05, 3.63) is 29.8 Å². The minimum Gasteiger partial charge on any atom is -0.508 e. The average molecular weight is 258 g/mol. The summed E-state index contributed by atoms with van der Waals surface area (Å²) in [4.78, 5) is 0. The molecule has 5 atom stereocenters. The monoisotopic (exact) mass is 258 g/mol. The van der Waals surface area contributed by atoms with E-state index in [4.69, 9.17) is 4.74 Å². The van der Waals surface area contributed by atoms with Gasteiger partial charge in [-0.1, -0.05) is 12.1 Å². The van der Waals surface area contributed by atoms with Crippen LogP contribution in [0.15, 0.2) is 24.3 Å². The number of benzene rings is 1. The van der Waals surface area contributed by atoms with Gasteiger partial charge >= 0.3 is 0 Å². The third-order valence-corrected chi connectivity index (χ3v) is 6.08. The number of aromatic hydroxyl groups is 1. The van der Waals surface area contributed by atoms with E-state index in [0.717, 1.165) is 17.8 Å². The minimum absolute atomic E-state index is 0.169. The standard InChI is InChI=1S/C17H22O2/c1-19-16-11-5-6-12-9-17(16,10-13(12)7-11)14-3-2-4-15(18)8-14/h2-4,8,11-13,16,18H,5-7,9-10H2,1H3. The van der Waals surface area contributed by atoms with Crippen LogP contribution in [-0.4, -0.2) is 18.3 Å². The molecule has 0 aromatic heterocycles. The van der Waals surface area contributed by atoms with Gasteiger partial charge in [-0.05, 0) is 67.6 Å². The molecule has 2 heteroatoms. The predicted octanol–water partition coefficient (Wildman–Crippen LogP) is 3.48. The van der Waals surface area contributed by atoms with E-state index in [1.165, 1.54) is 37.7 Å². The van der Waals surface area contributed by atoms with Crippen LogP contribution in [0.25, 0.3) is 0 Å². The molecule has 1 aromatic carbocycles. The maximum Gasteiger partial charge on any atom is 0.115 e. The van der Waals surface area contributed by atoms with Gasteiger partial charge in [-0.25, -0.2) is 0 Å². The molecule has 5 unspecified atom stereocenters. The Bertz CT molecular complexity index is 498. The van der Waals surface area contributed by atoms with Gasteiger partial charge in [-0.15, -0.1) is 0 Å². The minimum atomic E-state index is 0.169. The summed E-state index contributed by atoms with van der Waals surface area (Å²) in [6.07, 6.45) is 6.95. The molecule has 4 rings (SSSR count). The highest BCUT2D eigenvalue weighted by atomic mass is 16.5. The molecule has 1 N–H and O–H groups in total. The number of fused-ring (bicyclic) bond motifs is 2. The number of phenols is 1. The Morgan fingerprint density at radius 2 is 1.95 bits per heavy atom. The molecule has 0 radical (unpaired) electrons. The van der Waals surface area contributed by atoms with Crippen molar-refractivity contribution in [2.45, 2.75) is 43.6 Å². The SMILES string of the molecule is COC1C2CCC3CC1(c1cccc(O)c1)CC3C2. The van der Waals surface area contributed by atoms with Gasteiger partial charge in [-0.3, -0.25) is 0 Å². The lowest BCUT2D eigenvalue weighted by atomic mass is 9.63. The Hall–Kier alpha value is -1.02. The van der Waals surface area contributed by atoms with Crippen molar-refractivity contribution in [3.63, 3.8) is 0 Å². The third-order valence-electron chi connectivity index (χ3n) is 6.08. The lowest BCUT2D eigenvalue weighted by molar-refractivity contribution is -0.0425. The Morgan fingerprint density at radius 1 is 1.16 bits per heavy atom. The fourth-order valence-electron chi connectivity index (χ4n) is 5.49. The van der Waals surface area contributed by atoms with Crippen LogP contribution in [0.4, 0.5) is 0 Å². The number of ether oxygens (including phenoxy) is 1. The molecular formula is C17H22O2. The van der Waals surface area contributed by atoms with Crippen LogP contribution >= 0.6 is 0 Å². The van der Waals surface area contributed by atoms with Gasteiger partial charge in [0.05, 0.1) is 6.10 Å². The Morgan fingerprint density at radius 3 is 2.74 bits per heavy atom. The van der Waals surface area contributed by atoms with E-state index in [-0.39, 0.29) is 5.41 Å². The second-order valence-electron chi connectivity index (χ2n) is 6.86. The second kappa shape index (κ2) is 3.99. The molecule has 0 saturated heterocycles. The molecule has 0 heterocycles. The van der Waals surface area contributed by atoms with E-state index in [2.05, 4.69) is 6.07 Å². The molecule has 0 aliphatic heterocycles. The fourth-order valence-corrected chi connectivity index (χ4v) is 5.49. The normalized spacial score (nSPS) is 43.6. The smallest absolute Gasteiger partial charge is 0.115 e. The van der Waals surface area contributed by atoms with Crippen molar-refractivity contribution in [1.29, 1.82) is 0 Å². The molecule has 3 bridgehead atoms. The third kappa shape index (κ3) is 1.53. The van der Waals surface area contributed by atoms with Crippen molar-refractivity contribution in [1.82, 2.24) is 0 Å². The van der Waals surface area contributed by atoms with E-state index in [1.54, 1.807) is 6.07 Å². The van der Waals surface area contributed by atoms with Crippen LogP contribution in [0.2, 0.25) is 0 Å². The summed E-state index contributed by atoms with van der Waals surface area (Å²) in [5.41, 5.74) is 1.47. The number of phenolic OH excluding ortho intramolecular Hbond substituents is 1. The summed E-state index contributed by atoms with van der Waals surface area (Å²) in [6.45, 7) is 0. The largest absolute Gasteiger partial charge is 0.508 e. The van der Waals surface area contributed by atoms with Crippen LogP contribution in [0.5, 0.6) is 5.75 Å². The summed E-state index contributed by atoms with van der Waals surface area (Å²) >= 11 is 0. The molecule has 3 saturated carbocycles. The summed E-state index contributed by atoms with van der Waals surface area (Å²) in [7, 11) is 1.88. The molecule has 19 heavy (non-hydrogen) atoms. The van der Waals surface area contributed by atoms with Crippen molar-refractivity contribution in [3.8, 4) is 5.75 Å². The van der Waals surface area contributed by atoms with E-state index in [0.29, 0.717) is 11.9 Å². The van der Waals surface area contributed by atoms with Gasteiger partial charge in [0.1, 0.15) is 5.75 Å². The number of hydrogen-bond acceptors (Lipinski definition) is 2. The number of hydrogen-bond donors (Lipinski definition) is 1. The van der Waals surface area contributed by atoms with Gasteiger partial charge in [0, 0.05) is 12.5 Å². The van der Waals surface area contributed by atoms with Gasteiger partial charge < -0.3 is 9.84 Å². The Kier molecular flexibility index (Phi) is 2.47. The average Bonchev–Trinajstić information content (AvgIpc) is 2.66. The van der Waals surface area contributed by atoms with E-state index in [1.807, 2.05) is 19.2 Å². The lowest BCUT2D eigenvalue weighted by Crippen LogP contribution is -2.47. The summed E-state index contributed by atoms with van der Waals surface area (Å²) in [5.74, 6) is 2.90. The van der Waals surface area contributed by atoms with Crippen molar-refractivity contribution >= 4 is 0 Å². The quantitative estimate of drug-likeness (QED) is 0.880. The number of methoxy groups -OCH3 is 1. The maximum absolute atomic E-state index is 9.83. The summed E-state index contributed by atoms with van der Waals surface area (Å²) in [5, 5.41) is 9.83. The summed E-state index contributed by atoms with van der Waals surface area (Å²) in [6, 6.07) is 7.92. The Labute approximate surface area is 114 Å². The zero-order chi connectivity index (χ0) is 13.0. The van der Waals surface area contributed by atoms with Crippen LogP contribution in [0.3, 0.4) is 0 Å². The van der Waals surface area contributed by atoms with Crippen LogP contribution in [0, 0.1) is 17.8 Å². The maximum atomic E-state index is 9.83. The zero-order valence-electron chi connectivity index (χ0n) is 11.5. The summed E-state index contributed by atoms with van der Waals surface area (Å²) < 4.78 is 5.97. The van der Waals surface area contributed by atoms with Gasteiger partial charge in [0.2, 0.25) is 0 Å². The topological polar surface area (TPSA) is 29.5 Å². The molecule has 0 spiro atoms. The molecule has 0 amide bonds.